The van der Waals surface area contributed by atoms with Crippen molar-refractivity contribution in [2.45, 2.75) is 45.6 Å². The average Bonchev–Trinajstić information content (AvgIpc) is 2.76. The molecule has 0 aromatic carbocycles. The minimum absolute atomic E-state index is 0.516. The lowest BCUT2D eigenvalue weighted by Gasteiger charge is -2.17. The monoisotopic (exact) mass is 209 g/mol. The highest BCUT2D eigenvalue weighted by atomic mass is 16.5. The topological polar surface area (TPSA) is 51.0 Å². The summed E-state index contributed by atoms with van der Waals surface area (Å²) in [5.74, 6) is 0.722. The van der Waals surface area contributed by atoms with E-state index in [9.17, 15) is 0 Å². The third kappa shape index (κ3) is 3.02. The van der Waals surface area contributed by atoms with E-state index in [2.05, 4.69) is 29.3 Å². The first kappa shape index (κ1) is 10.6. The lowest BCUT2D eigenvalue weighted by atomic mass is 9.92. The summed E-state index contributed by atoms with van der Waals surface area (Å²) in [6.07, 6.45) is 6.17. The van der Waals surface area contributed by atoms with Crippen LogP contribution in [0.4, 0.5) is 0 Å². The molecular weight excluding hydrogens is 190 g/mol. The van der Waals surface area contributed by atoms with Gasteiger partial charge in [0.15, 0.2) is 6.33 Å². The van der Waals surface area contributed by atoms with Crippen LogP contribution in [0.15, 0.2) is 10.9 Å². The van der Waals surface area contributed by atoms with Crippen LogP contribution in [0.5, 0.6) is 0 Å². The van der Waals surface area contributed by atoms with Crippen molar-refractivity contribution in [1.82, 2.24) is 15.5 Å². The normalized spacial score (nSPS) is 24.5. The van der Waals surface area contributed by atoms with Crippen molar-refractivity contribution in [2.24, 2.45) is 5.41 Å². The van der Waals surface area contributed by atoms with Gasteiger partial charge in [0, 0.05) is 19.0 Å². The van der Waals surface area contributed by atoms with E-state index in [0.717, 1.165) is 18.9 Å². The molecule has 1 aromatic heterocycles. The smallest absolute Gasteiger partial charge is 0.227 e. The molecule has 0 aliphatic heterocycles. The fraction of sp³-hybridized carbons (Fsp3) is 0.818. The van der Waals surface area contributed by atoms with E-state index < -0.39 is 0 Å². The maximum Gasteiger partial charge on any atom is 0.227 e. The summed E-state index contributed by atoms with van der Waals surface area (Å²) < 4.78 is 4.94. The summed E-state index contributed by atoms with van der Waals surface area (Å²) in [4.78, 5) is 3.99. The predicted octanol–water partition coefficient (Wildman–Crippen LogP) is 1.78. The van der Waals surface area contributed by atoms with Gasteiger partial charge < -0.3 is 9.84 Å². The van der Waals surface area contributed by atoms with Crippen molar-refractivity contribution in [3.63, 3.8) is 0 Å². The molecule has 1 aliphatic rings. The molecule has 4 nitrogen and oxygen atoms in total. The van der Waals surface area contributed by atoms with Gasteiger partial charge in [-0.1, -0.05) is 19.0 Å². The zero-order valence-electron chi connectivity index (χ0n) is 9.49. The Hall–Kier alpha value is -0.900. The quantitative estimate of drug-likeness (QED) is 0.821. The van der Waals surface area contributed by atoms with Crippen molar-refractivity contribution in [2.75, 3.05) is 6.54 Å². The molecule has 15 heavy (non-hydrogen) atoms. The molecule has 0 saturated heterocycles. The Labute approximate surface area is 90.4 Å². The first-order valence-corrected chi connectivity index (χ1v) is 5.65. The Morgan fingerprint density at radius 3 is 3.07 bits per heavy atom. The van der Waals surface area contributed by atoms with Gasteiger partial charge in [0.2, 0.25) is 5.89 Å². The first-order valence-electron chi connectivity index (χ1n) is 5.65. The summed E-state index contributed by atoms with van der Waals surface area (Å²) in [6.45, 7) is 5.61. The van der Waals surface area contributed by atoms with E-state index in [1.165, 1.54) is 25.6 Å². The van der Waals surface area contributed by atoms with E-state index in [1.807, 2.05) is 0 Å². The van der Waals surface area contributed by atoms with Crippen molar-refractivity contribution in [3.8, 4) is 0 Å². The maximum absolute atomic E-state index is 4.94. The molecule has 1 aliphatic carbocycles. The Morgan fingerprint density at radius 2 is 2.47 bits per heavy atom. The van der Waals surface area contributed by atoms with Gasteiger partial charge in [-0.3, -0.25) is 0 Å². The largest absolute Gasteiger partial charge is 0.340 e. The minimum Gasteiger partial charge on any atom is -0.340 e. The fourth-order valence-corrected chi connectivity index (χ4v) is 2.30. The molecule has 0 amide bonds. The van der Waals surface area contributed by atoms with E-state index in [-0.39, 0.29) is 0 Å². The van der Waals surface area contributed by atoms with Crippen LogP contribution in [0.1, 0.15) is 39.0 Å². The Bertz CT molecular complexity index is 295. The van der Waals surface area contributed by atoms with Crippen molar-refractivity contribution < 1.29 is 4.52 Å². The Morgan fingerprint density at radius 1 is 1.60 bits per heavy atom. The fourth-order valence-electron chi connectivity index (χ4n) is 2.30. The van der Waals surface area contributed by atoms with Gasteiger partial charge in [0.25, 0.3) is 0 Å². The maximum atomic E-state index is 4.94. The number of nitrogens with one attached hydrogen (secondary N) is 1. The second-order valence-corrected chi connectivity index (χ2v) is 5.14. The second-order valence-electron chi connectivity index (χ2n) is 5.14. The predicted molar refractivity (Wildman–Crippen MR) is 57.4 cm³/mol. The zero-order chi connectivity index (χ0) is 10.7. The summed E-state index contributed by atoms with van der Waals surface area (Å²) in [6, 6.07) is 0.669. The third-order valence-corrected chi connectivity index (χ3v) is 3.15. The lowest BCUT2D eigenvalue weighted by Crippen LogP contribution is -2.29. The molecule has 4 heteroatoms. The van der Waals surface area contributed by atoms with E-state index in [0.29, 0.717) is 11.5 Å². The summed E-state index contributed by atoms with van der Waals surface area (Å²) in [7, 11) is 0. The van der Waals surface area contributed by atoms with E-state index in [4.69, 9.17) is 4.52 Å². The van der Waals surface area contributed by atoms with Crippen LogP contribution in [-0.2, 0) is 6.42 Å². The molecule has 1 saturated carbocycles. The molecule has 84 valence electrons. The summed E-state index contributed by atoms with van der Waals surface area (Å²) in [5, 5.41) is 7.13. The zero-order valence-corrected chi connectivity index (χ0v) is 9.49. The highest BCUT2D eigenvalue weighted by Crippen LogP contribution is 2.36. The molecule has 1 aromatic rings. The van der Waals surface area contributed by atoms with Crippen LogP contribution in [0.3, 0.4) is 0 Å². The number of hydrogen-bond acceptors (Lipinski definition) is 4. The standard InChI is InChI=1S/C11H19N3O/c1-11(2)5-3-9(7-11)12-6-4-10-13-8-14-15-10/h8-9,12H,3-7H2,1-2H3. The molecular formula is C11H19N3O. The molecule has 1 unspecified atom stereocenters. The van der Waals surface area contributed by atoms with Crippen LogP contribution in [0.25, 0.3) is 0 Å². The van der Waals surface area contributed by atoms with Gasteiger partial charge in [-0.05, 0) is 24.7 Å². The van der Waals surface area contributed by atoms with Crippen LogP contribution >= 0.6 is 0 Å². The molecule has 0 bridgehead atoms. The van der Waals surface area contributed by atoms with Crippen molar-refractivity contribution in [1.29, 1.82) is 0 Å². The highest BCUT2D eigenvalue weighted by Gasteiger charge is 2.30. The highest BCUT2D eigenvalue weighted by molar-refractivity contribution is 4.87. The SMILES string of the molecule is CC1(C)CCC(NCCc2ncno2)C1. The van der Waals surface area contributed by atoms with E-state index in [1.54, 1.807) is 0 Å². The molecule has 0 spiro atoms. The van der Waals surface area contributed by atoms with Gasteiger partial charge in [0.05, 0.1) is 0 Å². The van der Waals surface area contributed by atoms with Crippen LogP contribution < -0.4 is 5.32 Å². The third-order valence-electron chi connectivity index (χ3n) is 3.15. The van der Waals surface area contributed by atoms with Crippen LogP contribution in [0.2, 0.25) is 0 Å². The van der Waals surface area contributed by atoms with Crippen molar-refractivity contribution >= 4 is 0 Å². The van der Waals surface area contributed by atoms with Gasteiger partial charge in [-0.25, -0.2) is 0 Å². The molecule has 1 heterocycles. The van der Waals surface area contributed by atoms with Crippen LogP contribution in [-0.4, -0.2) is 22.7 Å². The summed E-state index contributed by atoms with van der Waals surface area (Å²) in [5.41, 5.74) is 0.516. The van der Waals surface area contributed by atoms with E-state index >= 15 is 0 Å². The number of nitrogens with zero attached hydrogens (tertiary/aromatic N) is 2. The number of aromatic nitrogens is 2. The first-order chi connectivity index (χ1) is 7.16. The Kier molecular flexibility index (Phi) is 3.05. The molecule has 1 fully saturated rings. The minimum atomic E-state index is 0.516. The molecule has 0 radical (unpaired) electrons. The lowest BCUT2D eigenvalue weighted by molar-refractivity contribution is 0.355. The number of hydrogen-bond donors (Lipinski definition) is 1. The van der Waals surface area contributed by atoms with Gasteiger partial charge in [0.1, 0.15) is 0 Å². The van der Waals surface area contributed by atoms with Gasteiger partial charge >= 0.3 is 0 Å². The van der Waals surface area contributed by atoms with Crippen LogP contribution in [0, 0.1) is 5.41 Å². The van der Waals surface area contributed by atoms with Gasteiger partial charge in [-0.2, -0.15) is 4.98 Å². The summed E-state index contributed by atoms with van der Waals surface area (Å²) >= 11 is 0. The second kappa shape index (κ2) is 4.31. The van der Waals surface area contributed by atoms with Crippen molar-refractivity contribution in [3.05, 3.63) is 12.2 Å². The molecule has 1 atom stereocenters. The number of rotatable bonds is 4. The average molecular weight is 209 g/mol. The molecule has 1 N–H and O–H groups in total. The van der Waals surface area contributed by atoms with Gasteiger partial charge in [-0.15, -0.1) is 0 Å². The molecule has 2 rings (SSSR count). The Balaban J connectivity index is 1.67.